The third kappa shape index (κ3) is 2.95. The average molecular weight is 206 g/mol. The van der Waals surface area contributed by atoms with E-state index in [1.165, 1.54) is 18.3 Å². The van der Waals surface area contributed by atoms with Gasteiger partial charge < -0.3 is 9.84 Å². The lowest BCUT2D eigenvalue weighted by Crippen LogP contribution is -2.25. The third-order valence-corrected chi connectivity index (χ3v) is 1.78. The van der Waals surface area contributed by atoms with Gasteiger partial charge >= 0.3 is 5.97 Å². The van der Waals surface area contributed by atoms with Crippen molar-refractivity contribution in [2.75, 3.05) is 0 Å². The van der Waals surface area contributed by atoms with Crippen LogP contribution in [0.4, 0.5) is 0 Å². The van der Waals surface area contributed by atoms with Gasteiger partial charge in [-0.1, -0.05) is 6.92 Å². The number of rotatable bonds is 4. The van der Waals surface area contributed by atoms with Crippen molar-refractivity contribution in [3.8, 4) is 11.8 Å². The first-order valence-corrected chi connectivity index (χ1v) is 4.43. The molecule has 0 aliphatic heterocycles. The fourth-order valence-electron chi connectivity index (χ4n) is 0.989. The molecule has 78 valence electrons. The molecule has 0 saturated carbocycles. The first kappa shape index (κ1) is 11.0. The van der Waals surface area contributed by atoms with Crippen LogP contribution < -0.4 is 4.74 Å². The van der Waals surface area contributed by atoms with Crippen molar-refractivity contribution in [1.82, 2.24) is 4.98 Å². The van der Waals surface area contributed by atoms with Gasteiger partial charge in [-0.05, 0) is 18.6 Å². The zero-order chi connectivity index (χ0) is 11.3. The topological polar surface area (TPSA) is 83.2 Å². The van der Waals surface area contributed by atoms with Gasteiger partial charge in [0.25, 0.3) is 0 Å². The van der Waals surface area contributed by atoms with Crippen LogP contribution in [0.1, 0.15) is 19.0 Å². The standard InChI is InChI=1S/C10H10N2O3/c1-2-9(10(13)14)15-8-4-3-7(5-11)12-6-8/h3-4,6,9H,2H2,1H3,(H,13,14). The highest BCUT2D eigenvalue weighted by Crippen LogP contribution is 2.12. The molecule has 0 aromatic carbocycles. The summed E-state index contributed by atoms with van der Waals surface area (Å²) in [5.41, 5.74) is 0.269. The SMILES string of the molecule is CCC(Oc1ccc(C#N)nc1)C(=O)O. The lowest BCUT2D eigenvalue weighted by Gasteiger charge is -2.12. The highest BCUT2D eigenvalue weighted by molar-refractivity contribution is 5.72. The molecule has 0 spiro atoms. The lowest BCUT2D eigenvalue weighted by molar-refractivity contribution is -0.145. The number of ether oxygens (including phenoxy) is 1. The maximum Gasteiger partial charge on any atom is 0.344 e. The molecule has 1 aromatic rings. The minimum absolute atomic E-state index is 0.269. The van der Waals surface area contributed by atoms with Crippen LogP contribution in [0.2, 0.25) is 0 Å². The molecule has 0 saturated heterocycles. The van der Waals surface area contributed by atoms with E-state index in [1.807, 2.05) is 6.07 Å². The Morgan fingerprint density at radius 3 is 2.87 bits per heavy atom. The van der Waals surface area contributed by atoms with Gasteiger partial charge in [-0.25, -0.2) is 9.78 Å². The lowest BCUT2D eigenvalue weighted by atomic mass is 10.3. The molecule has 1 unspecified atom stereocenters. The predicted molar refractivity (Wildman–Crippen MR) is 51.3 cm³/mol. The second-order valence-corrected chi connectivity index (χ2v) is 2.84. The Bertz CT molecular complexity index is 381. The number of hydrogen-bond acceptors (Lipinski definition) is 4. The molecule has 5 heteroatoms. The van der Waals surface area contributed by atoms with Crippen LogP contribution in [0.25, 0.3) is 0 Å². The van der Waals surface area contributed by atoms with Crippen LogP contribution in [0.5, 0.6) is 5.75 Å². The normalized spacial score (nSPS) is 11.5. The Morgan fingerprint density at radius 2 is 2.47 bits per heavy atom. The van der Waals surface area contributed by atoms with Crippen molar-refractivity contribution >= 4 is 5.97 Å². The average Bonchev–Trinajstić information content (AvgIpc) is 2.26. The molecular weight excluding hydrogens is 196 g/mol. The molecule has 1 aromatic heterocycles. The Hall–Kier alpha value is -2.09. The van der Waals surface area contributed by atoms with Gasteiger partial charge in [-0.3, -0.25) is 0 Å². The molecule has 1 rings (SSSR count). The molecule has 1 atom stereocenters. The van der Waals surface area contributed by atoms with E-state index >= 15 is 0 Å². The number of nitriles is 1. The number of pyridine rings is 1. The van der Waals surface area contributed by atoms with Crippen LogP contribution >= 0.6 is 0 Å². The van der Waals surface area contributed by atoms with Gasteiger partial charge in [-0.2, -0.15) is 5.26 Å². The van der Waals surface area contributed by atoms with Gasteiger partial charge in [0, 0.05) is 0 Å². The second kappa shape index (κ2) is 4.96. The largest absolute Gasteiger partial charge is 0.479 e. The summed E-state index contributed by atoms with van der Waals surface area (Å²) in [5.74, 6) is -0.662. The second-order valence-electron chi connectivity index (χ2n) is 2.84. The molecular formula is C10H10N2O3. The monoisotopic (exact) mass is 206 g/mol. The summed E-state index contributed by atoms with van der Waals surface area (Å²) in [6.45, 7) is 1.72. The quantitative estimate of drug-likeness (QED) is 0.800. The minimum atomic E-state index is -1.01. The van der Waals surface area contributed by atoms with E-state index in [0.717, 1.165) is 0 Å². The van der Waals surface area contributed by atoms with Gasteiger partial charge in [0.1, 0.15) is 17.5 Å². The van der Waals surface area contributed by atoms with Crippen LogP contribution in [0.15, 0.2) is 18.3 Å². The zero-order valence-electron chi connectivity index (χ0n) is 8.17. The summed E-state index contributed by atoms with van der Waals surface area (Å²) in [5, 5.41) is 17.2. The van der Waals surface area contributed by atoms with Gasteiger partial charge in [0.2, 0.25) is 0 Å². The zero-order valence-corrected chi connectivity index (χ0v) is 8.17. The number of hydrogen-bond donors (Lipinski definition) is 1. The van der Waals surface area contributed by atoms with E-state index in [9.17, 15) is 4.79 Å². The van der Waals surface area contributed by atoms with Crippen LogP contribution in [-0.2, 0) is 4.79 Å². The van der Waals surface area contributed by atoms with Crippen molar-refractivity contribution in [3.05, 3.63) is 24.0 Å². The van der Waals surface area contributed by atoms with E-state index in [4.69, 9.17) is 15.1 Å². The molecule has 1 heterocycles. The summed E-state index contributed by atoms with van der Waals surface area (Å²) in [6, 6.07) is 4.86. The van der Waals surface area contributed by atoms with Gasteiger partial charge in [0.15, 0.2) is 6.10 Å². The van der Waals surface area contributed by atoms with Crippen LogP contribution in [0, 0.1) is 11.3 Å². The number of carbonyl (C=O) groups is 1. The summed E-state index contributed by atoms with van der Waals surface area (Å²) >= 11 is 0. The molecule has 0 radical (unpaired) electrons. The summed E-state index contributed by atoms with van der Waals surface area (Å²) in [7, 11) is 0. The smallest absolute Gasteiger partial charge is 0.344 e. The Balaban J connectivity index is 2.72. The first-order valence-electron chi connectivity index (χ1n) is 4.43. The van der Waals surface area contributed by atoms with Crippen molar-refractivity contribution < 1.29 is 14.6 Å². The Morgan fingerprint density at radius 1 is 1.73 bits per heavy atom. The van der Waals surface area contributed by atoms with Gasteiger partial charge in [-0.15, -0.1) is 0 Å². The fraction of sp³-hybridized carbons (Fsp3) is 0.300. The number of nitrogens with zero attached hydrogens (tertiary/aromatic N) is 2. The predicted octanol–water partition coefficient (Wildman–Crippen LogP) is 1.20. The maximum atomic E-state index is 10.7. The van der Waals surface area contributed by atoms with Crippen LogP contribution in [-0.4, -0.2) is 22.2 Å². The third-order valence-electron chi connectivity index (χ3n) is 1.78. The highest BCUT2D eigenvalue weighted by Gasteiger charge is 2.16. The van der Waals surface area contributed by atoms with E-state index in [-0.39, 0.29) is 5.69 Å². The Labute approximate surface area is 86.9 Å². The molecule has 0 aliphatic carbocycles. The van der Waals surface area contributed by atoms with Gasteiger partial charge in [0.05, 0.1) is 6.20 Å². The van der Waals surface area contributed by atoms with E-state index < -0.39 is 12.1 Å². The summed E-state index contributed by atoms with van der Waals surface area (Å²) < 4.78 is 5.15. The number of aliphatic carboxylic acids is 1. The number of carboxylic acids is 1. The minimum Gasteiger partial charge on any atom is -0.479 e. The van der Waals surface area contributed by atoms with E-state index in [1.54, 1.807) is 6.92 Å². The molecule has 0 aliphatic rings. The van der Waals surface area contributed by atoms with Crippen molar-refractivity contribution in [2.24, 2.45) is 0 Å². The maximum absolute atomic E-state index is 10.7. The Kier molecular flexibility index (Phi) is 3.63. The molecule has 0 amide bonds. The number of aromatic nitrogens is 1. The summed E-state index contributed by atoms with van der Waals surface area (Å²) in [6.07, 6.45) is 0.833. The van der Waals surface area contributed by atoms with Crippen molar-refractivity contribution in [2.45, 2.75) is 19.4 Å². The highest BCUT2D eigenvalue weighted by atomic mass is 16.5. The fourth-order valence-corrected chi connectivity index (χ4v) is 0.989. The molecule has 0 fully saturated rings. The van der Waals surface area contributed by atoms with Crippen molar-refractivity contribution in [3.63, 3.8) is 0 Å². The van der Waals surface area contributed by atoms with Crippen LogP contribution in [0.3, 0.4) is 0 Å². The molecule has 1 N–H and O–H groups in total. The first-order chi connectivity index (χ1) is 7.17. The van der Waals surface area contributed by atoms with E-state index in [0.29, 0.717) is 12.2 Å². The summed E-state index contributed by atoms with van der Waals surface area (Å²) in [4.78, 5) is 14.4. The molecule has 0 bridgehead atoms. The van der Waals surface area contributed by atoms with Crippen molar-refractivity contribution in [1.29, 1.82) is 5.26 Å². The molecule has 15 heavy (non-hydrogen) atoms. The number of carboxylic acid groups (broad SMARTS) is 1. The molecule has 5 nitrogen and oxygen atoms in total. The van der Waals surface area contributed by atoms with E-state index in [2.05, 4.69) is 4.98 Å².